The summed E-state index contributed by atoms with van der Waals surface area (Å²) < 4.78 is 10.5. The molecule has 2 aromatic carbocycles. The predicted octanol–water partition coefficient (Wildman–Crippen LogP) is 3.57. The maximum Gasteiger partial charge on any atom is 0.305 e. The van der Waals surface area contributed by atoms with Crippen LogP contribution < -0.4 is 4.74 Å². The van der Waals surface area contributed by atoms with Crippen LogP contribution in [0.5, 0.6) is 5.75 Å². The molecule has 0 fully saturated rings. The highest BCUT2D eigenvalue weighted by molar-refractivity contribution is 6.33. The lowest BCUT2D eigenvalue weighted by Gasteiger charge is -2.26. The van der Waals surface area contributed by atoms with Crippen molar-refractivity contribution in [1.82, 2.24) is 0 Å². The molecule has 0 bridgehead atoms. The minimum absolute atomic E-state index is 0.136. The van der Waals surface area contributed by atoms with Crippen LogP contribution in [0.4, 0.5) is 0 Å². The predicted molar refractivity (Wildman–Crippen MR) is 101 cm³/mol. The molecule has 3 rings (SSSR count). The largest absolute Gasteiger partial charge is 0.497 e. The number of alkyl halides is 1. The third kappa shape index (κ3) is 3.35. The molecule has 5 nitrogen and oxygen atoms in total. The smallest absolute Gasteiger partial charge is 0.305 e. The van der Waals surface area contributed by atoms with Gasteiger partial charge in [0.15, 0.2) is 17.0 Å². The topological polar surface area (TPSA) is 69.7 Å². The zero-order valence-corrected chi connectivity index (χ0v) is 15.6. The van der Waals surface area contributed by atoms with Crippen LogP contribution in [-0.2, 0) is 14.9 Å². The fourth-order valence-electron chi connectivity index (χ4n) is 3.27. The van der Waals surface area contributed by atoms with E-state index in [1.807, 2.05) is 0 Å². The number of methoxy groups -OCH3 is 1. The zero-order chi connectivity index (χ0) is 19.4. The quantitative estimate of drug-likeness (QED) is 0.413. The van der Waals surface area contributed by atoms with Crippen LogP contribution in [0.3, 0.4) is 0 Å². The van der Waals surface area contributed by atoms with Gasteiger partial charge in [-0.15, -0.1) is 11.6 Å². The molecule has 6 heteroatoms. The van der Waals surface area contributed by atoms with Crippen molar-refractivity contribution in [3.05, 3.63) is 65.2 Å². The third-order valence-corrected chi connectivity index (χ3v) is 5.01. The van der Waals surface area contributed by atoms with Gasteiger partial charge in [0.25, 0.3) is 0 Å². The summed E-state index contributed by atoms with van der Waals surface area (Å²) in [6, 6.07) is 13.3. The van der Waals surface area contributed by atoms with Crippen LogP contribution in [0.15, 0.2) is 48.5 Å². The Morgan fingerprint density at radius 1 is 1.00 bits per heavy atom. The van der Waals surface area contributed by atoms with E-state index in [-0.39, 0.29) is 24.6 Å². The standard InChI is InChI=1S/C21H19ClO5/c1-26-15-10-8-14(9-11-15)21(13-27-18(23)7-4-12-22)19(24)16-5-2-3-6-17(16)20(21)25/h2-3,5-6,8-11H,4,7,12-13H2,1H3. The molecule has 0 saturated carbocycles. The fraction of sp³-hybridized carbons (Fsp3) is 0.286. The van der Waals surface area contributed by atoms with Crippen molar-refractivity contribution in [1.29, 1.82) is 0 Å². The molecule has 1 aliphatic rings. The first-order valence-corrected chi connectivity index (χ1v) is 9.13. The highest BCUT2D eigenvalue weighted by Crippen LogP contribution is 2.40. The summed E-state index contributed by atoms with van der Waals surface area (Å²) in [7, 11) is 1.53. The molecular weight excluding hydrogens is 368 g/mol. The molecule has 0 spiro atoms. The number of carbonyl (C=O) groups is 3. The highest BCUT2D eigenvalue weighted by atomic mass is 35.5. The molecule has 1 aliphatic carbocycles. The number of fused-ring (bicyclic) bond motifs is 1. The Bertz CT molecular complexity index is 837. The zero-order valence-electron chi connectivity index (χ0n) is 14.9. The van der Waals surface area contributed by atoms with Gasteiger partial charge < -0.3 is 9.47 Å². The number of hydrogen-bond donors (Lipinski definition) is 0. The summed E-state index contributed by atoms with van der Waals surface area (Å²) >= 11 is 5.60. The minimum atomic E-state index is -1.58. The molecular formula is C21H19ClO5. The Balaban J connectivity index is 2.01. The molecule has 0 aliphatic heterocycles. The van der Waals surface area contributed by atoms with Crippen LogP contribution >= 0.6 is 11.6 Å². The molecule has 0 N–H and O–H groups in total. The third-order valence-electron chi connectivity index (χ3n) is 4.74. The number of esters is 1. The van der Waals surface area contributed by atoms with E-state index >= 15 is 0 Å². The summed E-state index contributed by atoms with van der Waals surface area (Å²) in [5.41, 5.74) is -0.419. The second kappa shape index (κ2) is 7.92. The highest BCUT2D eigenvalue weighted by Gasteiger charge is 2.55. The van der Waals surface area contributed by atoms with Crippen molar-refractivity contribution in [2.24, 2.45) is 0 Å². The van der Waals surface area contributed by atoms with E-state index < -0.39 is 11.4 Å². The summed E-state index contributed by atoms with van der Waals surface area (Å²) in [5.74, 6) is -0.275. The monoisotopic (exact) mass is 386 g/mol. The Kier molecular flexibility index (Phi) is 5.61. The number of carbonyl (C=O) groups excluding carboxylic acids is 3. The maximum absolute atomic E-state index is 13.2. The molecule has 0 radical (unpaired) electrons. The van der Waals surface area contributed by atoms with Gasteiger partial charge in [0.1, 0.15) is 12.4 Å². The molecule has 0 aromatic heterocycles. The Morgan fingerprint density at radius 2 is 1.59 bits per heavy atom. The van der Waals surface area contributed by atoms with Gasteiger partial charge in [0, 0.05) is 23.4 Å². The average Bonchev–Trinajstić information content (AvgIpc) is 2.93. The van der Waals surface area contributed by atoms with Gasteiger partial charge >= 0.3 is 5.97 Å². The second-order valence-corrected chi connectivity index (χ2v) is 6.67. The normalized spacial score (nSPS) is 14.7. The molecule has 0 unspecified atom stereocenters. The van der Waals surface area contributed by atoms with Crippen molar-refractivity contribution in [3.8, 4) is 5.75 Å². The lowest BCUT2D eigenvalue weighted by Crippen LogP contribution is -2.43. The molecule has 0 amide bonds. The SMILES string of the molecule is COc1ccc(C2(COC(=O)CCCCl)C(=O)c3ccccc3C2=O)cc1. The van der Waals surface area contributed by atoms with E-state index in [1.54, 1.807) is 48.5 Å². The van der Waals surface area contributed by atoms with E-state index in [9.17, 15) is 14.4 Å². The van der Waals surface area contributed by atoms with Crippen molar-refractivity contribution < 1.29 is 23.9 Å². The van der Waals surface area contributed by atoms with Crippen molar-refractivity contribution in [2.75, 3.05) is 19.6 Å². The Hall–Kier alpha value is -2.66. The van der Waals surface area contributed by atoms with Crippen LogP contribution in [-0.4, -0.2) is 37.1 Å². The van der Waals surface area contributed by atoms with Crippen LogP contribution in [0, 0.1) is 0 Å². The van der Waals surface area contributed by atoms with Crippen molar-refractivity contribution in [3.63, 3.8) is 0 Å². The van der Waals surface area contributed by atoms with E-state index in [0.717, 1.165) is 0 Å². The minimum Gasteiger partial charge on any atom is -0.497 e. The van der Waals surface area contributed by atoms with Crippen LogP contribution in [0.25, 0.3) is 0 Å². The molecule has 0 saturated heterocycles. The van der Waals surface area contributed by atoms with Gasteiger partial charge in [0.2, 0.25) is 0 Å². The van der Waals surface area contributed by atoms with Gasteiger partial charge in [-0.05, 0) is 24.1 Å². The Labute approximate surface area is 162 Å². The van der Waals surface area contributed by atoms with Gasteiger partial charge in [-0.2, -0.15) is 0 Å². The number of Topliss-reactive ketones (excluding diaryl/α,β-unsaturated/α-hetero) is 2. The second-order valence-electron chi connectivity index (χ2n) is 6.29. The van der Waals surface area contributed by atoms with Gasteiger partial charge in [-0.25, -0.2) is 0 Å². The van der Waals surface area contributed by atoms with Crippen LogP contribution in [0.1, 0.15) is 39.1 Å². The number of ether oxygens (including phenoxy) is 2. The number of halogens is 1. The maximum atomic E-state index is 13.2. The van der Waals surface area contributed by atoms with E-state index in [2.05, 4.69) is 0 Å². The summed E-state index contributed by atoms with van der Waals surface area (Å²) in [6.45, 7) is -0.340. The van der Waals surface area contributed by atoms with Crippen molar-refractivity contribution in [2.45, 2.75) is 18.3 Å². The first kappa shape index (κ1) is 19.1. The van der Waals surface area contributed by atoms with Gasteiger partial charge in [-0.3, -0.25) is 14.4 Å². The summed E-state index contributed by atoms with van der Waals surface area (Å²) in [5, 5.41) is 0. The summed E-state index contributed by atoms with van der Waals surface area (Å²) in [4.78, 5) is 38.5. The number of rotatable bonds is 7. The lowest BCUT2D eigenvalue weighted by molar-refractivity contribution is -0.144. The molecule has 0 atom stereocenters. The molecule has 27 heavy (non-hydrogen) atoms. The Morgan fingerprint density at radius 3 is 2.11 bits per heavy atom. The van der Waals surface area contributed by atoms with E-state index in [1.165, 1.54) is 7.11 Å². The molecule has 0 heterocycles. The summed E-state index contributed by atoms with van der Waals surface area (Å²) in [6.07, 6.45) is 0.607. The van der Waals surface area contributed by atoms with Gasteiger partial charge in [-0.1, -0.05) is 36.4 Å². The number of ketones is 2. The number of benzene rings is 2. The molecule has 2 aromatic rings. The molecule has 140 valence electrons. The van der Waals surface area contributed by atoms with E-state index in [0.29, 0.717) is 34.7 Å². The first-order chi connectivity index (χ1) is 13.0. The van der Waals surface area contributed by atoms with E-state index in [4.69, 9.17) is 21.1 Å². The van der Waals surface area contributed by atoms with Crippen LogP contribution in [0.2, 0.25) is 0 Å². The van der Waals surface area contributed by atoms with Gasteiger partial charge in [0.05, 0.1) is 7.11 Å². The first-order valence-electron chi connectivity index (χ1n) is 8.59. The van der Waals surface area contributed by atoms with Crippen molar-refractivity contribution >= 4 is 29.1 Å². The lowest BCUT2D eigenvalue weighted by atomic mass is 9.76. The number of hydrogen-bond acceptors (Lipinski definition) is 5. The average molecular weight is 387 g/mol. The fourth-order valence-corrected chi connectivity index (χ4v) is 3.40.